The Hall–Kier alpha value is -2.82. The minimum atomic E-state index is -0.372. The maximum atomic E-state index is 12.0. The number of nitrogens with one attached hydrogen (secondary N) is 2. The second kappa shape index (κ2) is 8.58. The number of carbonyl (C=O) groups is 2. The summed E-state index contributed by atoms with van der Waals surface area (Å²) in [5.74, 6) is -0.101. The summed E-state index contributed by atoms with van der Waals surface area (Å²) < 4.78 is 5.43. The normalized spacial score (nSPS) is 9.96. The van der Waals surface area contributed by atoms with Crippen LogP contribution in [0, 0.1) is 0 Å². The standard InChI is InChI=1S/C18H20N2O3/c1-2-23-16-11-7-6-10-15(16)20-18(22)12-17(21)19-13-14-8-4-3-5-9-14/h3-11H,2,12-13H2,1H3,(H,19,21)(H,20,22). The minimum absolute atomic E-state index is 0.229. The molecule has 0 atom stereocenters. The Labute approximate surface area is 135 Å². The molecule has 5 nitrogen and oxygen atoms in total. The number of anilines is 1. The fraction of sp³-hybridized carbons (Fsp3) is 0.222. The monoisotopic (exact) mass is 312 g/mol. The molecular weight excluding hydrogens is 292 g/mol. The SMILES string of the molecule is CCOc1ccccc1NC(=O)CC(=O)NCc1ccccc1. The van der Waals surface area contributed by atoms with Crippen LogP contribution in [0.3, 0.4) is 0 Å². The fourth-order valence-corrected chi connectivity index (χ4v) is 2.05. The van der Waals surface area contributed by atoms with Crippen LogP contribution >= 0.6 is 0 Å². The van der Waals surface area contributed by atoms with Crippen molar-refractivity contribution in [1.29, 1.82) is 0 Å². The fourth-order valence-electron chi connectivity index (χ4n) is 2.05. The summed E-state index contributed by atoms with van der Waals surface area (Å²) in [6.07, 6.45) is -0.229. The van der Waals surface area contributed by atoms with E-state index < -0.39 is 0 Å². The molecule has 0 aliphatic carbocycles. The van der Waals surface area contributed by atoms with Gasteiger partial charge in [-0.1, -0.05) is 42.5 Å². The van der Waals surface area contributed by atoms with Crippen molar-refractivity contribution in [3.8, 4) is 5.75 Å². The number of rotatable bonds is 7. The summed E-state index contributed by atoms with van der Waals surface area (Å²) in [7, 11) is 0. The zero-order valence-corrected chi connectivity index (χ0v) is 13.0. The van der Waals surface area contributed by atoms with E-state index in [1.54, 1.807) is 18.2 Å². The van der Waals surface area contributed by atoms with Gasteiger partial charge in [0.1, 0.15) is 12.2 Å². The summed E-state index contributed by atoms with van der Waals surface area (Å²) in [6.45, 7) is 2.78. The van der Waals surface area contributed by atoms with Crippen LogP contribution in [0.25, 0.3) is 0 Å². The van der Waals surface area contributed by atoms with Gasteiger partial charge >= 0.3 is 0 Å². The maximum Gasteiger partial charge on any atom is 0.233 e. The molecule has 0 aliphatic heterocycles. The Kier molecular flexibility index (Phi) is 6.17. The third-order valence-electron chi connectivity index (χ3n) is 3.11. The minimum Gasteiger partial charge on any atom is -0.492 e. The van der Waals surface area contributed by atoms with E-state index in [-0.39, 0.29) is 18.2 Å². The summed E-state index contributed by atoms with van der Waals surface area (Å²) in [6, 6.07) is 16.7. The van der Waals surface area contributed by atoms with E-state index >= 15 is 0 Å². The number of hydrogen-bond acceptors (Lipinski definition) is 3. The zero-order chi connectivity index (χ0) is 16.5. The molecule has 0 saturated carbocycles. The van der Waals surface area contributed by atoms with Crippen LogP contribution in [-0.2, 0) is 16.1 Å². The highest BCUT2D eigenvalue weighted by molar-refractivity contribution is 6.04. The van der Waals surface area contributed by atoms with E-state index in [0.717, 1.165) is 5.56 Å². The Morgan fingerprint density at radius 3 is 2.39 bits per heavy atom. The number of carbonyl (C=O) groups excluding carboxylic acids is 2. The van der Waals surface area contributed by atoms with Crippen LogP contribution in [0.15, 0.2) is 54.6 Å². The second-order valence-electron chi connectivity index (χ2n) is 4.92. The van der Waals surface area contributed by atoms with Gasteiger partial charge in [0, 0.05) is 6.54 Å². The molecule has 2 rings (SSSR count). The number of ether oxygens (including phenoxy) is 1. The predicted molar refractivity (Wildman–Crippen MR) is 89.1 cm³/mol. The highest BCUT2D eigenvalue weighted by Gasteiger charge is 2.11. The molecule has 0 aromatic heterocycles. The van der Waals surface area contributed by atoms with Gasteiger partial charge in [0.05, 0.1) is 12.3 Å². The quantitative estimate of drug-likeness (QED) is 0.773. The molecule has 2 N–H and O–H groups in total. The third kappa shape index (κ3) is 5.47. The molecule has 120 valence electrons. The number of benzene rings is 2. The highest BCUT2D eigenvalue weighted by Crippen LogP contribution is 2.23. The van der Waals surface area contributed by atoms with Crippen molar-refractivity contribution in [3.05, 3.63) is 60.2 Å². The molecule has 0 unspecified atom stereocenters. The Bertz CT molecular complexity index is 656. The van der Waals surface area contributed by atoms with Crippen molar-refractivity contribution in [2.45, 2.75) is 19.9 Å². The first-order chi connectivity index (χ1) is 11.2. The van der Waals surface area contributed by atoms with E-state index in [1.807, 2.05) is 43.3 Å². The lowest BCUT2D eigenvalue weighted by molar-refractivity contribution is -0.126. The van der Waals surface area contributed by atoms with E-state index in [9.17, 15) is 9.59 Å². The van der Waals surface area contributed by atoms with Gasteiger partial charge in [-0.15, -0.1) is 0 Å². The first kappa shape index (κ1) is 16.5. The van der Waals surface area contributed by atoms with Crippen LogP contribution in [0.4, 0.5) is 5.69 Å². The van der Waals surface area contributed by atoms with E-state index in [1.165, 1.54) is 0 Å². The molecule has 0 spiro atoms. The smallest absolute Gasteiger partial charge is 0.233 e. The molecule has 0 fully saturated rings. The highest BCUT2D eigenvalue weighted by atomic mass is 16.5. The lowest BCUT2D eigenvalue weighted by Gasteiger charge is -2.11. The summed E-state index contributed by atoms with van der Waals surface area (Å²) >= 11 is 0. The molecule has 5 heteroatoms. The molecule has 0 saturated heterocycles. The lowest BCUT2D eigenvalue weighted by atomic mass is 10.2. The topological polar surface area (TPSA) is 67.4 Å². The molecule has 0 heterocycles. The largest absolute Gasteiger partial charge is 0.492 e. The zero-order valence-electron chi connectivity index (χ0n) is 13.0. The van der Waals surface area contributed by atoms with Gasteiger partial charge in [-0.2, -0.15) is 0 Å². The molecule has 2 amide bonds. The van der Waals surface area contributed by atoms with Crippen LogP contribution in [0.1, 0.15) is 18.9 Å². The first-order valence-electron chi connectivity index (χ1n) is 7.51. The first-order valence-corrected chi connectivity index (χ1v) is 7.51. The van der Waals surface area contributed by atoms with Gasteiger partial charge in [0.2, 0.25) is 11.8 Å². The van der Waals surface area contributed by atoms with Crippen molar-refractivity contribution in [2.24, 2.45) is 0 Å². The van der Waals surface area contributed by atoms with E-state index in [0.29, 0.717) is 24.6 Å². The summed E-state index contributed by atoms with van der Waals surface area (Å²) in [5.41, 5.74) is 1.55. The third-order valence-corrected chi connectivity index (χ3v) is 3.11. The molecule has 0 aliphatic rings. The summed E-state index contributed by atoms with van der Waals surface area (Å²) in [5, 5.41) is 5.42. The van der Waals surface area contributed by atoms with Crippen molar-refractivity contribution in [1.82, 2.24) is 5.32 Å². The molecule has 23 heavy (non-hydrogen) atoms. The Morgan fingerprint density at radius 1 is 0.957 bits per heavy atom. The molecular formula is C18H20N2O3. The number of para-hydroxylation sites is 2. The number of amides is 2. The van der Waals surface area contributed by atoms with Crippen molar-refractivity contribution in [3.63, 3.8) is 0 Å². The van der Waals surface area contributed by atoms with Crippen molar-refractivity contribution in [2.75, 3.05) is 11.9 Å². The van der Waals surface area contributed by atoms with Crippen LogP contribution in [0.2, 0.25) is 0 Å². The van der Waals surface area contributed by atoms with Gasteiger partial charge in [-0.25, -0.2) is 0 Å². The number of hydrogen-bond donors (Lipinski definition) is 2. The van der Waals surface area contributed by atoms with Gasteiger partial charge in [-0.3, -0.25) is 9.59 Å². The van der Waals surface area contributed by atoms with Gasteiger partial charge in [0.15, 0.2) is 0 Å². The van der Waals surface area contributed by atoms with E-state index in [4.69, 9.17) is 4.74 Å². The molecule has 0 radical (unpaired) electrons. The molecule has 0 bridgehead atoms. The molecule has 2 aromatic rings. The van der Waals surface area contributed by atoms with Crippen LogP contribution < -0.4 is 15.4 Å². The van der Waals surface area contributed by atoms with E-state index in [2.05, 4.69) is 10.6 Å². The van der Waals surface area contributed by atoms with Crippen LogP contribution in [-0.4, -0.2) is 18.4 Å². The Balaban J connectivity index is 1.83. The average molecular weight is 312 g/mol. The summed E-state index contributed by atoms with van der Waals surface area (Å²) in [4.78, 5) is 23.8. The van der Waals surface area contributed by atoms with Gasteiger partial charge in [-0.05, 0) is 24.6 Å². The average Bonchev–Trinajstić information content (AvgIpc) is 2.56. The molecule has 2 aromatic carbocycles. The predicted octanol–water partition coefficient (Wildman–Crippen LogP) is 2.73. The van der Waals surface area contributed by atoms with Crippen molar-refractivity contribution < 1.29 is 14.3 Å². The lowest BCUT2D eigenvalue weighted by Crippen LogP contribution is -2.27. The van der Waals surface area contributed by atoms with Crippen molar-refractivity contribution >= 4 is 17.5 Å². The van der Waals surface area contributed by atoms with Gasteiger partial charge in [0.25, 0.3) is 0 Å². The maximum absolute atomic E-state index is 12.0. The second-order valence-corrected chi connectivity index (χ2v) is 4.92. The van der Waals surface area contributed by atoms with Gasteiger partial charge < -0.3 is 15.4 Å². The Morgan fingerprint density at radius 2 is 1.65 bits per heavy atom. The van der Waals surface area contributed by atoms with Crippen LogP contribution in [0.5, 0.6) is 5.75 Å².